The molecule has 0 aromatic heterocycles. The van der Waals surface area contributed by atoms with Gasteiger partial charge in [0.25, 0.3) is 10.1 Å². The van der Waals surface area contributed by atoms with Crippen LogP contribution in [0.15, 0.2) is 44.3 Å². The SMILES string of the molecule is [K+].[K+].[N-]=Nc1cc(S(=O)(=O)O)c2cc(N=[N-])cc(S(O)(O)O)c2c1. The Morgan fingerprint density at radius 3 is 1.46 bits per heavy atom. The van der Waals surface area contributed by atoms with Crippen molar-refractivity contribution < 1.29 is 129 Å². The molecule has 0 spiro atoms. The fourth-order valence-electron chi connectivity index (χ4n) is 1.92. The van der Waals surface area contributed by atoms with Crippen LogP contribution in [0.1, 0.15) is 0 Å². The van der Waals surface area contributed by atoms with E-state index in [0.717, 1.165) is 24.3 Å². The first kappa shape index (κ1) is 25.3. The third-order valence-corrected chi connectivity index (χ3v) is 4.59. The maximum Gasteiger partial charge on any atom is 1.00 e. The molecule has 0 unspecified atom stereocenters. The van der Waals surface area contributed by atoms with Gasteiger partial charge in [-0.3, -0.25) is 4.55 Å². The Morgan fingerprint density at radius 1 is 0.750 bits per heavy atom. The van der Waals surface area contributed by atoms with E-state index in [4.69, 9.17) is 11.1 Å². The number of hydrogen-bond donors (Lipinski definition) is 4. The topological polar surface area (TPSA) is 184 Å². The molecule has 2 rings (SSSR count). The van der Waals surface area contributed by atoms with Crippen LogP contribution >= 0.6 is 10.9 Å². The van der Waals surface area contributed by atoms with Gasteiger partial charge in [-0.1, -0.05) is 0 Å². The van der Waals surface area contributed by atoms with Crippen LogP contribution < -0.4 is 103 Å². The molecule has 0 saturated carbocycles. The minimum atomic E-state index is -4.78. The molecular weight excluding hydrogens is 414 g/mol. The summed E-state index contributed by atoms with van der Waals surface area (Å²) in [6.45, 7) is 0. The molecule has 10 nitrogen and oxygen atoms in total. The van der Waals surface area contributed by atoms with Gasteiger partial charge in [0.1, 0.15) is 15.8 Å². The minimum absolute atomic E-state index is 0. The van der Waals surface area contributed by atoms with E-state index in [0.29, 0.717) is 0 Å². The van der Waals surface area contributed by atoms with Crippen LogP contribution in [0.4, 0.5) is 11.4 Å². The summed E-state index contributed by atoms with van der Waals surface area (Å²) in [5.41, 5.74) is 17.0. The molecule has 0 aliphatic heterocycles. The monoisotopic (exact) mass is 422 g/mol. The molecule has 0 saturated heterocycles. The van der Waals surface area contributed by atoms with Crippen LogP contribution in [0.3, 0.4) is 0 Å². The first-order chi connectivity index (χ1) is 10.1. The van der Waals surface area contributed by atoms with Crippen molar-refractivity contribution in [2.75, 3.05) is 0 Å². The summed E-state index contributed by atoms with van der Waals surface area (Å²) in [5.74, 6) is 0. The van der Waals surface area contributed by atoms with Crippen LogP contribution in [-0.2, 0) is 10.1 Å². The van der Waals surface area contributed by atoms with Gasteiger partial charge < -0.3 is 34.9 Å². The molecule has 0 fully saturated rings. The summed E-state index contributed by atoms with van der Waals surface area (Å²) < 4.78 is 60.4. The largest absolute Gasteiger partial charge is 1.00 e. The summed E-state index contributed by atoms with van der Waals surface area (Å²) in [6.07, 6.45) is 0. The first-order valence-electron chi connectivity index (χ1n) is 5.38. The summed E-state index contributed by atoms with van der Waals surface area (Å²) in [5, 5.41) is 5.07. The van der Waals surface area contributed by atoms with E-state index in [9.17, 15) is 26.6 Å². The Morgan fingerprint density at radius 2 is 1.12 bits per heavy atom. The summed E-state index contributed by atoms with van der Waals surface area (Å²) >= 11 is 0. The second-order valence-corrected chi connectivity index (χ2v) is 7.04. The predicted molar refractivity (Wildman–Crippen MR) is 78.4 cm³/mol. The van der Waals surface area contributed by atoms with Crippen molar-refractivity contribution in [2.45, 2.75) is 9.79 Å². The molecule has 0 aliphatic carbocycles. The Hall–Kier alpha value is 1.31. The van der Waals surface area contributed by atoms with Crippen molar-refractivity contribution in [1.82, 2.24) is 0 Å². The van der Waals surface area contributed by atoms with E-state index < -0.39 is 30.8 Å². The Balaban J connectivity index is 0.00000264. The Bertz CT molecular complexity index is 900. The molecule has 2 aromatic rings. The second kappa shape index (κ2) is 9.49. The van der Waals surface area contributed by atoms with E-state index in [1.54, 1.807) is 0 Å². The maximum absolute atomic E-state index is 11.4. The molecule has 0 bridgehead atoms. The smallest absolute Gasteiger partial charge is 0.706 e. The van der Waals surface area contributed by atoms with E-state index in [-0.39, 0.29) is 125 Å². The van der Waals surface area contributed by atoms with Crippen LogP contribution in [0, 0.1) is 0 Å². The average Bonchev–Trinajstić information content (AvgIpc) is 2.42. The van der Waals surface area contributed by atoms with Gasteiger partial charge in [-0.05, 0) is 24.3 Å². The zero-order valence-corrected chi connectivity index (χ0v) is 20.4. The Kier molecular flexibility index (Phi) is 10.0. The van der Waals surface area contributed by atoms with Gasteiger partial charge in [-0.25, -0.2) is 0 Å². The van der Waals surface area contributed by atoms with Crippen molar-refractivity contribution >= 4 is 43.1 Å². The Labute approximate surface area is 223 Å². The van der Waals surface area contributed by atoms with Gasteiger partial charge in [0.2, 0.25) is 0 Å². The molecule has 118 valence electrons. The molecule has 24 heavy (non-hydrogen) atoms. The van der Waals surface area contributed by atoms with Gasteiger partial charge in [0.15, 0.2) is 0 Å². The number of fused-ring (bicyclic) bond motifs is 1. The summed E-state index contributed by atoms with van der Waals surface area (Å²) in [4.78, 5) is -1.29. The van der Waals surface area contributed by atoms with Crippen LogP contribution in [0.25, 0.3) is 21.8 Å². The van der Waals surface area contributed by atoms with Gasteiger partial charge in [-0.15, -0.1) is 0 Å². The predicted octanol–water partition coefficient (Wildman–Crippen LogP) is -2.02. The normalized spacial score (nSPS) is 12.0. The number of nitrogens with zero attached hydrogens (tertiary/aromatic N) is 4. The van der Waals surface area contributed by atoms with Crippen LogP contribution in [-0.4, -0.2) is 26.6 Å². The molecule has 14 heteroatoms. The van der Waals surface area contributed by atoms with Crippen molar-refractivity contribution in [2.24, 2.45) is 10.2 Å². The number of hydrogen-bond acceptors (Lipinski definition) is 7. The summed E-state index contributed by atoms with van der Waals surface area (Å²) in [6, 6.07) is 3.78. The van der Waals surface area contributed by atoms with Crippen LogP contribution in [0.5, 0.6) is 0 Å². The van der Waals surface area contributed by atoms with E-state index >= 15 is 0 Å². The van der Waals surface area contributed by atoms with Crippen molar-refractivity contribution in [3.63, 3.8) is 0 Å². The van der Waals surface area contributed by atoms with Gasteiger partial charge in [-0.2, -0.15) is 8.42 Å². The number of benzene rings is 2. The third kappa shape index (κ3) is 5.65. The molecule has 0 atom stereocenters. The zero-order chi connectivity index (χ0) is 16.7. The van der Waals surface area contributed by atoms with E-state index in [1.807, 2.05) is 0 Å². The molecule has 4 N–H and O–H groups in total. The van der Waals surface area contributed by atoms with Crippen molar-refractivity contribution in [3.8, 4) is 0 Å². The minimum Gasteiger partial charge on any atom is -0.706 e. The second-order valence-electron chi connectivity index (χ2n) is 4.18. The first-order valence-corrected chi connectivity index (χ1v) is 8.32. The molecule has 0 aliphatic rings. The van der Waals surface area contributed by atoms with Crippen molar-refractivity contribution in [3.05, 3.63) is 35.3 Å². The molecule has 0 radical (unpaired) electrons. The standard InChI is InChI=1S/C10H8N4O6S2.2K/c11-13-5-1-7-8(10(3-5)22(18,19)20)2-6(14-12)4-9(7)21(15,16)17;;/h1-4,15-17H,(H,18,19,20);;/q-2;2*+1. The van der Waals surface area contributed by atoms with Gasteiger partial charge >= 0.3 is 103 Å². The molecule has 0 amide bonds. The summed E-state index contributed by atoms with van der Waals surface area (Å²) in [7, 11) is -9.10. The maximum atomic E-state index is 11.4. The van der Waals surface area contributed by atoms with E-state index in [1.165, 1.54) is 0 Å². The number of rotatable bonds is 4. The van der Waals surface area contributed by atoms with Gasteiger partial charge in [0.05, 0.1) is 4.90 Å². The average molecular weight is 423 g/mol. The molecular formula is C10H8K2N4O6S2. The fraction of sp³-hybridized carbons (Fsp3) is 0. The van der Waals surface area contributed by atoms with E-state index in [2.05, 4.69) is 10.2 Å². The molecule has 0 heterocycles. The quantitative estimate of drug-likeness (QED) is 0.250. The van der Waals surface area contributed by atoms with Gasteiger partial charge in [0, 0.05) is 22.1 Å². The van der Waals surface area contributed by atoms with Crippen molar-refractivity contribution in [1.29, 1.82) is 0 Å². The zero-order valence-electron chi connectivity index (χ0n) is 12.5. The third-order valence-electron chi connectivity index (χ3n) is 2.77. The fourth-order valence-corrected chi connectivity index (χ4v) is 3.38. The van der Waals surface area contributed by atoms with Crippen LogP contribution in [0.2, 0.25) is 0 Å². The molecule has 2 aromatic carbocycles.